The molecule has 0 bridgehead atoms. The quantitative estimate of drug-likeness (QED) is 0.525. The van der Waals surface area contributed by atoms with E-state index in [1.54, 1.807) is 25.4 Å². The van der Waals surface area contributed by atoms with Gasteiger partial charge in [-0.05, 0) is 5.56 Å². The van der Waals surface area contributed by atoms with Crippen LogP contribution in [-0.4, -0.2) is 43.2 Å². The molecule has 0 atom stereocenters. The van der Waals surface area contributed by atoms with Crippen molar-refractivity contribution in [2.24, 2.45) is 7.05 Å². The molecule has 3 aromatic heterocycles. The molecule has 0 aliphatic heterocycles. The second-order valence-electron chi connectivity index (χ2n) is 6.88. The Bertz CT molecular complexity index is 1160. The molecule has 1 aromatic carbocycles. The predicted octanol–water partition coefficient (Wildman–Crippen LogP) is 3.36. The molecule has 0 spiro atoms. The van der Waals surface area contributed by atoms with E-state index in [9.17, 15) is 13.2 Å². The van der Waals surface area contributed by atoms with Crippen molar-refractivity contribution < 1.29 is 13.2 Å². The number of alkyl halides is 3. The summed E-state index contributed by atoms with van der Waals surface area (Å²) in [5, 5.41) is 0. The number of fused-ring (bicyclic) bond motifs is 1. The Morgan fingerprint density at radius 2 is 1.79 bits per heavy atom. The van der Waals surface area contributed by atoms with Crippen molar-refractivity contribution in [1.29, 1.82) is 0 Å². The number of hydrogen-bond acceptors (Lipinski definition) is 5. The third-order valence-electron chi connectivity index (χ3n) is 4.51. The third kappa shape index (κ3) is 3.53. The van der Waals surface area contributed by atoms with Crippen LogP contribution in [0.3, 0.4) is 0 Å². The fourth-order valence-corrected chi connectivity index (χ4v) is 3.17. The Hall–Kier alpha value is -3.43. The van der Waals surface area contributed by atoms with Gasteiger partial charge < -0.3 is 9.47 Å². The minimum atomic E-state index is -4.47. The van der Waals surface area contributed by atoms with E-state index in [0.29, 0.717) is 23.3 Å². The van der Waals surface area contributed by atoms with Crippen LogP contribution in [0.15, 0.2) is 43.0 Å². The average molecular weight is 401 g/mol. The normalized spacial score (nSPS) is 11.9. The average Bonchev–Trinajstić information content (AvgIpc) is 3.24. The van der Waals surface area contributed by atoms with E-state index < -0.39 is 11.9 Å². The van der Waals surface area contributed by atoms with Gasteiger partial charge in [-0.15, -0.1) is 0 Å². The highest BCUT2D eigenvalue weighted by molar-refractivity contribution is 5.73. The van der Waals surface area contributed by atoms with Gasteiger partial charge in [0.25, 0.3) is 0 Å². The summed E-state index contributed by atoms with van der Waals surface area (Å²) in [4.78, 5) is 18.5. The molecule has 0 saturated carbocycles. The molecule has 0 radical (unpaired) electrons. The topological polar surface area (TPSA) is 64.7 Å². The summed E-state index contributed by atoms with van der Waals surface area (Å²) in [6, 6.07) is 7.26. The maximum absolute atomic E-state index is 12.9. The molecule has 0 aliphatic carbocycles. The van der Waals surface area contributed by atoms with E-state index in [2.05, 4.69) is 19.9 Å². The lowest BCUT2D eigenvalue weighted by atomic mass is 10.1. The van der Waals surface area contributed by atoms with Crippen molar-refractivity contribution >= 4 is 17.1 Å². The molecule has 0 saturated heterocycles. The van der Waals surface area contributed by atoms with Crippen molar-refractivity contribution in [3.63, 3.8) is 0 Å². The number of aryl methyl sites for hydroxylation is 1. The molecule has 0 unspecified atom stereocenters. The molecule has 0 N–H and O–H groups in total. The van der Waals surface area contributed by atoms with Crippen LogP contribution in [0.1, 0.15) is 11.3 Å². The number of rotatable bonds is 4. The Morgan fingerprint density at radius 3 is 2.41 bits per heavy atom. The van der Waals surface area contributed by atoms with Gasteiger partial charge in [-0.1, -0.05) is 24.3 Å². The lowest BCUT2D eigenvalue weighted by Crippen LogP contribution is -2.16. The number of nitrogens with zero attached hydrogens (tertiary/aromatic N) is 7. The van der Waals surface area contributed by atoms with Crippen molar-refractivity contribution in [1.82, 2.24) is 29.1 Å². The van der Waals surface area contributed by atoms with Gasteiger partial charge in [-0.25, -0.2) is 19.9 Å². The standard InChI is InChI=1S/C19H18F3N7/c1-27(2)18-25-14-8-23-11-24-17(14)29(18)9-12-4-6-13(7-5-12)16-26-15(10-28(16)3)19(20,21)22/h4-8,10-11H,9H2,1-3H3. The molecule has 3 heterocycles. The fraction of sp³-hybridized carbons (Fsp3) is 0.263. The summed E-state index contributed by atoms with van der Waals surface area (Å²) in [6.45, 7) is 0.510. The Morgan fingerprint density at radius 1 is 1.07 bits per heavy atom. The second kappa shape index (κ2) is 6.87. The van der Waals surface area contributed by atoms with Gasteiger partial charge in [-0.3, -0.25) is 4.57 Å². The van der Waals surface area contributed by atoms with Crippen LogP contribution in [0, 0.1) is 0 Å². The Balaban J connectivity index is 1.66. The summed E-state index contributed by atoms with van der Waals surface area (Å²) >= 11 is 0. The molecular formula is C19H18F3N7. The highest BCUT2D eigenvalue weighted by Gasteiger charge is 2.34. The lowest BCUT2D eigenvalue weighted by molar-refractivity contribution is -0.140. The van der Waals surface area contributed by atoms with Gasteiger partial charge in [-0.2, -0.15) is 13.2 Å². The van der Waals surface area contributed by atoms with Gasteiger partial charge >= 0.3 is 6.18 Å². The lowest BCUT2D eigenvalue weighted by Gasteiger charge is -2.14. The summed E-state index contributed by atoms with van der Waals surface area (Å²) in [6.07, 6.45) is -0.344. The molecule has 10 heteroatoms. The van der Waals surface area contributed by atoms with E-state index in [1.807, 2.05) is 35.7 Å². The highest BCUT2D eigenvalue weighted by Crippen LogP contribution is 2.30. The van der Waals surface area contributed by atoms with Crippen LogP contribution in [0.4, 0.5) is 19.1 Å². The number of hydrogen-bond donors (Lipinski definition) is 0. The van der Waals surface area contributed by atoms with E-state index in [1.165, 1.54) is 10.9 Å². The SMILES string of the molecule is CN(C)c1nc2cncnc2n1Cc1ccc(-c2nc(C(F)(F)F)cn2C)cc1. The van der Waals surface area contributed by atoms with Crippen LogP contribution in [0.2, 0.25) is 0 Å². The van der Waals surface area contributed by atoms with E-state index in [-0.39, 0.29) is 5.82 Å². The van der Waals surface area contributed by atoms with Crippen LogP contribution in [-0.2, 0) is 19.8 Å². The largest absolute Gasteiger partial charge is 0.434 e. The van der Waals surface area contributed by atoms with E-state index in [4.69, 9.17) is 0 Å². The Labute approximate surface area is 164 Å². The van der Waals surface area contributed by atoms with Gasteiger partial charge in [0.15, 0.2) is 11.3 Å². The maximum atomic E-state index is 12.9. The molecule has 0 aliphatic rings. The first-order valence-corrected chi connectivity index (χ1v) is 8.77. The van der Waals surface area contributed by atoms with Crippen LogP contribution in [0.25, 0.3) is 22.6 Å². The first-order valence-electron chi connectivity index (χ1n) is 8.77. The number of halogens is 3. The monoisotopic (exact) mass is 401 g/mol. The fourth-order valence-electron chi connectivity index (χ4n) is 3.17. The van der Waals surface area contributed by atoms with Crippen LogP contribution >= 0.6 is 0 Å². The molecule has 29 heavy (non-hydrogen) atoms. The number of benzene rings is 1. The number of aromatic nitrogens is 6. The number of anilines is 1. The summed E-state index contributed by atoms with van der Waals surface area (Å²) in [5.41, 5.74) is 2.07. The molecule has 4 aromatic rings. The van der Waals surface area contributed by atoms with Crippen LogP contribution in [0.5, 0.6) is 0 Å². The maximum Gasteiger partial charge on any atom is 0.434 e. The minimum absolute atomic E-state index is 0.263. The van der Waals surface area contributed by atoms with Crippen LogP contribution < -0.4 is 4.90 Å². The summed E-state index contributed by atoms with van der Waals surface area (Å²) in [5.74, 6) is 1.00. The zero-order valence-electron chi connectivity index (χ0n) is 16.0. The van der Waals surface area contributed by atoms with Crippen molar-refractivity contribution in [3.8, 4) is 11.4 Å². The molecular weight excluding hydrogens is 383 g/mol. The summed E-state index contributed by atoms with van der Waals surface area (Å²) in [7, 11) is 5.34. The van der Waals surface area contributed by atoms with Crippen molar-refractivity contribution in [2.45, 2.75) is 12.7 Å². The van der Waals surface area contributed by atoms with E-state index in [0.717, 1.165) is 17.7 Å². The zero-order valence-corrected chi connectivity index (χ0v) is 16.0. The molecule has 4 rings (SSSR count). The third-order valence-corrected chi connectivity index (χ3v) is 4.51. The Kier molecular flexibility index (Phi) is 4.48. The predicted molar refractivity (Wildman–Crippen MR) is 102 cm³/mol. The van der Waals surface area contributed by atoms with Gasteiger partial charge in [0, 0.05) is 32.9 Å². The first-order chi connectivity index (χ1) is 13.7. The molecule has 7 nitrogen and oxygen atoms in total. The van der Waals surface area contributed by atoms with E-state index >= 15 is 0 Å². The molecule has 150 valence electrons. The van der Waals surface area contributed by atoms with Gasteiger partial charge in [0.2, 0.25) is 5.95 Å². The number of imidazole rings is 2. The highest BCUT2D eigenvalue weighted by atomic mass is 19.4. The second-order valence-corrected chi connectivity index (χ2v) is 6.88. The minimum Gasteiger partial charge on any atom is -0.348 e. The molecule has 0 amide bonds. The zero-order chi connectivity index (χ0) is 20.8. The van der Waals surface area contributed by atoms with Crippen molar-refractivity contribution in [2.75, 3.05) is 19.0 Å². The molecule has 0 fully saturated rings. The van der Waals surface area contributed by atoms with Crippen molar-refractivity contribution in [3.05, 3.63) is 54.2 Å². The summed E-state index contributed by atoms with van der Waals surface area (Å²) < 4.78 is 42.1. The first kappa shape index (κ1) is 18.9. The smallest absolute Gasteiger partial charge is 0.348 e. The van der Waals surface area contributed by atoms with Gasteiger partial charge in [0.1, 0.15) is 17.7 Å². The van der Waals surface area contributed by atoms with Gasteiger partial charge in [0.05, 0.1) is 12.7 Å².